The molecule has 4 heterocycles. The van der Waals surface area contributed by atoms with E-state index in [1.807, 2.05) is 45.3 Å². The van der Waals surface area contributed by atoms with Gasteiger partial charge in [0.05, 0.1) is 0 Å². The second-order valence-corrected chi connectivity index (χ2v) is 26.0. The summed E-state index contributed by atoms with van der Waals surface area (Å²) in [7, 11) is 0. The molecule has 0 radical (unpaired) electrons. The second-order valence-electron chi connectivity index (χ2n) is 21.1. The van der Waals surface area contributed by atoms with Gasteiger partial charge in [-0.1, -0.05) is 74.5 Å². The molecule has 0 saturated heterocycles. The molecular formula is C69H68N2S4. The van der Waals surface area contributed by atoms with Gasteiger partial charge in [0.15, 0.2) is 0 Å². The quantitative estimate of drug-likeness (QED) is 0.120. The van der Waals surface area contributed by atoms with Crippen molar-refractivity contribution in [3.05, 3.63) is 209 Å². The average Bonchev–Trinajstić information content (AvgIpc) is 4.13. The molecular weight excluding hydrogens is 985 g/mol. The highest BCUT2D eigenvalue weighted by Gasteiger charge is 2.41. The first-order valence-electron chi connectivity index (χ1n) is 26.6. The topological polar surface area (TPSA) is 6.48 Å². The third kappa shape index (κ3) is 8.48. The Morgan fingerprint density at radius 3 is 0.720 bits per heavy atom. The molecule has 1 aliphatic carbocycles. The van der Waals surface area contributed by atoms with E-state index in [0.29, 0.717) is 0 Å². The van der Waals surface area contributed by atoms with E-state index in [2.05, 4.69) is 240 Å². The highest BCUT2D eigenvalue weighted by molar-refractivity contribution is 7.16. The molecule has 0 spiro atoms. The monoisotopic (exact) mass is 1050 g/mol. The summed E-state index contributed by atoms with van der Waals surface area (Å²) in [5, 5.41) is 0. The maximum atomic E-state index is 2.53. The van der Waals surface area contributed by atoms with Crippen LogP contribution >= 0.6 is 45.3 Å². The standard InChI is InChI=1S/C69H68N2S4/c1-15-69(16-2)63-37-59(70(55-25-17-51(18-26-55)65-43(7)39(3)47(11)72-65)56-27-19-52(20-28-56)66-44(8)40(4)48(12)73-66)33-35-61(63)62-36-34-60(38-64(62)69)71(57-29-21-53(22-30-57)67-45(9)41(5)49(13)74-67)58-31-23-54(24-32-58)68-46(10)42(6)50(14)75-68/h17-38H,15-16H2,1-14H3. The lowest BCUT2D eigenvalue weighted by atomic mass is 9.73. The predicted octanol–water partition coefficient (Wildman–Crippen LogP) is 22.3. The van der Waals surface area contributed by atoms with Crippen LogP contribution in [0.2, 0.25) is 0 Å². The maximum absolute atomic E-state index is 2.53. The van der Waals surface area contributed by atoms with Crippen LogP contribution in [0.4, 0.5) is 34.1 Å². The minimum atomic E-state index is -0.187. The van der Waals surface area contributed by atoms with E-state index < -0.39 is 0 Å². The molecule has 0 N–H and O–H groups in total. The van der Waals surface area contributed by atoms with Gasteiger partial charge in [0.25, 0.3) is 0 Å². The number of thiophene rings is 4. The molecule has 0 fully saturated rings. The zero-order valence-corrected chi connectivity index (χ0v) is 49.4. The van der Waals surface area contributed by atoms with Gasteiger partial charge in [-0.25, -0.2) is 0 Å². The molecule has 0 saturated carbocycles. The van der Waals surface area contributed by atoms with Crippen molar-refractivity contribution < 1.29 is 0 Å². The minimum absolute atomic E-state index is 0.187. The SMILES string of the molecule is CCC1(CC)c2cc(N(c3ccc(-c4sc(C)c(C)c4C)cc3)c3ccc(-c4sc(C)c(C)c4C)cc3)ccc2-c2ccc(N(c3ccc(-c4sc(C)c(C)c4C)cc3)c3ccc(-c4sc(C)c(C)c4C)cc3)cc21. The largest absolute Gasteiger partial charge is 0.310 e. The third-order valence-electron chi connectivity index (χ3n) is 17.3. The fraction of sp³-hybridized carbons (Fsp3) is 0.246. The fourth-order valence-corrected chi connectivity index (χ4v) is 16.5. The zero-order valence-electron chi connectivity index (χ0n) is 46.1. The van der Waals surface area contributed by atoms with Gasteiger partial charge < -0.3 is 9.80 Å². The van der Waals surface area contributed by atoms with Gasteiger partial charge in [0.1, 0.15) is 0 Å². The molecule has 0 atom stereocenters. The summed E-state index contributed by atoms with van der Waals surface area (Å²) in [6.07, 6.45) is 1.97. The van der Waals surface area contributed by atoms with E-state index >= 15 is 0 Å². The van der Waals surface area contributed by atoms with Crippen LogP contribution in [0.5, 0.6) is 0 Å². The van der Waals surface area contributed by atoms with Gasteiger partial charge in [-0.3, -0.25) is 0 Å². The van der Waals surface area contributed by atoms with Crippen molar-refractivity contribution in [1.82, 2.24) is 0 Å². The summed E-state index contributed by atoms with van der Waals surface area (Å²) in [6.45, 7) is 31.8. The number of rotatable bonds is 12. The number of anilines is 6. The van der Waals surface area contributed by atoms with Crippen LogP contribution in [-0.2, 0) is 5.41 Å². The summed E-state index contributed by atoms with van der Waals surface area (Å²) in [5.74, 6) is 0. The summed E-state index contributed by atoms with van der Waals surface area (Å²) in [6, 6.07) is 51.8. The van der Waals surface area contributed by atoms with Gasteiger partial charge in [0, 0.05) is 78.6 Å². The lowest BCUT2D eigenvalue weighted by molar-refractivity contribution is 0.490. The number of benzene rings is 6. The zero-order chi connectivity index (χ0) is 52.8. The van der Waals surface area contributed by atoms with Crippen molar-refractivity contribution in [3.8, 4) is 52.9 Å². The molecule has 6 heteroatoms. The minimum Gasteiger partial charge on any atom is -0.310 e. The number of hydrogen-bond donors (Lipinski definition) is 0. The Morgan fingerprint density at radius 1 is 0.293 bits per heavy atom. The number of nitrogens with zero attached hydrogens (tertiary/aromatic N) is 2. The number of aryl methyl sites for hydroxylation is 4. The number of hydrogen-bond acceptors (Lipinski definition) is 6. The van der Waals surface area contributed by atoms with Crippen molar-refractivity contribution in [2.24, 2.45) is 0 Å². The Morgan fingerprint density at radius 2 is 0.520 bits per heavy atom. The molecule has 0 unspecified atom stereocenters. The van der Waals surface area contributed by atoms with Gasteiger partial charge >= 0.3 is 0 Å². The summed E-state index contributed by atoms with van der Waals surface area (Å²) in [5.41, 5.74) is 28.4. The lowest BCUT2D eigenvalue weighted by Crippen LogP contribution is -2.24. The molecule has 378 valence electrons. The van der Waals surface area contributed by atoms with Gasteiger partial charge in [-0.05, 0) is 258 Å². The first kappa shape index (κ1) is 50.9. The molecule has 0 aliphatic heterocycles. The Bertz CT molecular complexity index is 3350. The molecule has 4 aromatic heterocycles. The normalized spacial score (nSPS) is 12.6. The third-order valence-corrected chi connectivity index (χ3v) is 22.8. The molecule has 0 amide bonds. The van der Waals surface area contributed by atoms with Crippen molar-refractivity contribution in [2.45, 2.75) is 115 Å². The molecule has 1 aliphatic rings. The predicted molar refractivity (Wildman–Crippen MR) is 333 cm³/mol. The average molecular weight is 1050 g/mol. The van der Waals surface area contributed by atoms with Gasteiger partial charge in [-0.15, -0.1) is 45.3 Å². The van der Waals surface area contributed by atoms with Crippen molar-refractivity contribution >= 4 is 79.5 Å². The van der Waals surface area contributed by atoms with Crippen LogP contribution in [-0.4, -0.2) is 0 Å². The van der Waals surface area contributed by atoms with E-state index in [0.717, 1.165) is 35.6 Å². The van der Waals surface area contributed by atoms with Crippen molar-refractivity contribution in [1.29, 1.82) is 0 Å². The first-order chi connectivity index (χ1) is 36.0. The Labute approximate surface area is 462 Å². The van der Waals surface area contributed by atoms with Crippen molar-refractivity contribution in [3.63, 3.8) is 0 Å². The fourth-order valence-electron chi connectivity index (χ4n) is 11.8. The summed E-state index contributed by atoms with van der Waals surface area (Å²) in [4.78, 5) is 16.0. The Hall–Kier alpha value is -6.28. The van der Waals surface area contributed by atoms with Crippen LogP contribution in [0.1, 0.15) is 102 Å². The molecule has 2 nitrogen and oxygen atoms in total. The second kappa shape index (κ2) is 19.7. The van der Waals surface area contributed by atoms with E-state index in [4.69, 9.17) is 0 Å². The molecule has 0 bridgehead atoms. The highest BCUT2D eigenvalue weighted by Crippen LogP contribution is 2.56. The number of fused-ring (bicyclic) bond motifs is 3. The maximum Gasteiger partial charge on any atom is 0.0465 e. The Balaban J connectivity index is 1.02. The molecule has 75 heavy (non-hydrogen) atoms. The summed E-state index contributed by atoms with van der Waals surface area (Å²) >= 11 is 7.62. The van der Waals surface area contributed by atoms with E-state index in [9.17, 15) is 0 Å². The molecule has 11 rings (SSSR count). The van der Waals surface area contributed by atoms with E-state index in [1.165, 1.54) is 139 Å². The van der Waals surface area contributed by atoms with Crippen LogP contribution in [0.3, 0.4) is 0 Å². The molecule has 10 aromatic rings. The highest BCUT2D eigenvalue weighted by atomic mass is 32.1. The lowest BCUT2D eigenvalue weighted by Gasteiger charge is -2.33. The van der Waals surface area contributed by atoms with E-state index in [1.54, 1.807) is 0 Å². The van der Waals surface area contributed by atoms with Crippen molar-refractivity contribution in [2.75, 3.05) is 9.80 Å². The smallest absolute Gasteiger partial charge is 0.0465 e. The van der Waals surface area contributed by atoms with E-state index in [-0.39, 0.29) is 5.41 Å². The summed E-state index contributed by atoms with van der Waals surface area (Å²) < 4.78 is 0. The first-order valence-corrected chi connectivity index (χ1v) is 29.9. The van der Waals surface area contributed by atoms with Crippen LogP contribution in [0, 0.1) is 83.1 Å². The van der Waals surface area contributed by atoms with Crippen LogP contribution < -0.4 is 9.80 Å². The molecule has 6 aromatic carbocycles. The van der Waals surface area contributed by atoms with Gasteiger partial charge in [0.2, 0.25) is 0 Å². The van der Waals surface area contributed by atoms with Gasteiger partial charge in [-0.2, -0.15) is 0 Å². The van der Waals surface area contributed by atoms with Crippen LogP contribution in [0.15, 0.2) is 133 Å². The Kier molecular flexibility index (Phi) is 13.4. The van der Waals surface area contributed by atoms with Crippen LogP contribution in [0.25, 0.3) is 52.9 Å².